The van der Waals surface area contributed by atoms with Gasteiger partial charge in [-0.2, -0.15) is 0 Å². The first kappa shape index (κ1) is 17.6. The Labute approximate surface area is 157 Å². The van der Waals surface area contributed by atoms with Gasteiger partial charge in [0.1, 0.15) is 5.69 Å². The average molecular weight is 366 g/mol. The minimum Gasteiger partial charge on any atom is -0.379 e. The van der Waals surface area contributed by atoms with Gasteiger partial charge in [0.2, 0.25) is 5.78 Å². The van der Waals surface area contributed by atoms with Gasteiger partial charge in [0, 0.05) is 19.0 Å². The van der Waals surface area contributed by atoms with Crippen LogP contribution >= 0.6 is 0 Å². The van der Waals surface area contributed by atoms with E-state index in [0.29, 0.717) is 37.0 Å². The van der Waals surface area contributed by atoms with Crippen molar-refractivity contribution < 1.29 is 14.3 Å². The molecule has 1 aliphatic rings. The molecule has 1 aliphatic heterocycles. The van der Waals surface area contributed by atoms with Crippen LogP contribution in [0.5, 0.6) is 0 Å². The molecular weight excluding hydrogens is 344 g/mol. The Morgan fingerprint density at radius 2 is 2.19 bits per heavy atom. The smallest absolute Gasteiger partial charge is 0.270 e. The molecule has 3 aromatic rings. The normalized spacial score (nSPS) is 19.9. The van der Waals surface area contributed by atoms with E-state index >= 15 is 0 Å². The number of aromatic nitrogens is 3. The molecule has 0 radical (unpaired) electrons. The van der Waals surface area contributed by atoms with Crippen molar-refractivity contribution in [2.75, 3.05) is 13.2 Å². The van der Waals surface area contributed by atoms with Crippen molar-refractivity contribution in [2.24, 2.45) is 0 Å². The molecule has 7 heteroatoms. The summed E-state index contributed by atoms with van der Waals surface area (Å²) < 4.78 is 13.4. The fourth-order valence-corrected chi connectivity index (χ4v) is 3.34. The number of carbonyl (C=O) groups is 1. The molecule has 27 heavy (non-hydrogen) atoms. The maximum absolute atomic E-state index is 12.9. The topological polar surface area (TPSA) is 77.8 Å². The first-order chi connectivity index (χ1) is 13.2. The number of carbonyl (C=O) groups excluding carboxylic acids is 1. The zero-order valence-corrected chi connectivity index (χ0v) is 15.2. The molecule has 7 nitrogen and oxygen atoms in total. The number of hydrogen-bond acceptors (Lipinski definition) is 5. The molecule has 1 aromatic carbocycles. The van der Waals surface area contributed by atoms with Crippen LogP contribution in [0, 0.1) is 6.92 Å². The third kappa shape index (κ3) is 3.84. The predicted octanol–water partition coefficient (Wildman–Crippen LogP) is 2.14. The molecular formula is C20H22N4O3. The van der Waals surface area contributed by atoms with Gasteiger partial charge in [-0.15, -0.1) is 0 Å². The van der Waals surface area contributed by atoms with Gasteiger partial charge in [0.15, 0.2) is 0 Å². The minimum atomic E-state index is -0.211. The third-order valence-corrected chi connectivity index (χ3v) is 4.71. The lowest BCUT2D eigenvalue weighted by molar-refractivity contribution is -0.0605. The van der Waals surface area contributed by atoms with E-state index < -0.39 is 0 Å². The van der Waals surface area contributed by atoms with Crippen LogP contribution < -0.4 is 5.32 Å². The number of imidazole rings is 1. The average Bonchev–Trinajstić information content (AvgIpc) is 3.04. The quantitative estimate of drug-likeness (QED) is 0.749. The first-order valence-electron chi connectivity index (χ1n) is 9.06. The zero-order chi connectivity index (χ0) is 18.6. The number of benzene rings is 1. The van der Waals surface area contributed by atoms with Crippen LogP contribution in [-0.4, -0.2) is 45.6 Å². The van der Waals surface area contributed by atoms with Crippen molar-refractivity contribution in [3.8, 4) is 0 Å². The van der Waals surface area contributed by atoms with Crippen LogP contribution in [0.2, 0.25) is 0 Å². The summed E-state index contributed by atoms with van der Waals surface area (Å²) in [6.07, 6.45) is 4.09. The Morgan fingerprint density at radius 1 is 1.33 bits per heavy atom. The highest BCUT2D eigenvalue weighted by atomic mass is 16.5. The summed E-state index contributed by atoms with van der Waals surface area (Å²) >= 11 is 0. The fraction of sp³-hybridized carbons (Fsp3) is 0.350. The number of nitrogens with one attached hydrogen (secondary N) is 1. The zero-order valence-electron chi connectivity index (χ0n) is 15.2. The summed E-state index contributed by atoms with van der Waals surface area (Å²) in [7, 11) is 0. The van der Waals surface area contributed by atoms with E-state index in [1.54, 1.807) is 22.9 Å². The molecule has 2 atom stereocenters. The molecule has 0 spiro atoms. The summed E-state index contributed by atoms with van der Waals surface area (Å²) in [6.45, 7) is 3.38. The second kappa shape index (κ2) is 7.85. The van der Waals surface area contributed by atoms with E-state index in [1.807, 2.05) is 37.3 Å². The summed E-state index contributed by atoms with van der Waals surface area (Å²) in [6, 6.07) is 11.6. The van der Waals surface area contributed by atoms with Gasteiger partial charge in [-0.3, -0.25) is 9.20 Å². The molecule has 1 saturated heterocycles. The van der Waals surface area contributed by atoms with Gasteiger partial charge < -0.3 is 14.8 Å². The minimum absolute atomic E-state index is 0.0967. The SMILES string of the molecule is Cc1nc2ncccn2c1C(=O)N[C@@H]1COCC[C@@H]1OCc1ccccc1. The van der Waals surface area contributed by atoms with E-state index in [2.05, 4.69) is 15.3 Å². The number of nitrogens with zero attached hydrogens (tertiary/aromatic N) is 3. The summed E-state index contributed by atoms with van der Waals surface area (Å²) in [5.74, 6) is 0.314. The van der Waals surface area contributed by atoms with Crippen LogP contribution in [0.15, 0.2) is 48.8 Å². The Hall–Kier alpha value is -2.77. The maximum atomic E-state index is 12.9. The molecule has 0 bridgehead atoms. The summed E-state index contributed by atoms with van der Waals surface area (Å²) in [5.41, 5.74) is 2.24. The van der Waals surface area contributed by atoms with Gasteiger partial charge in [0.25, 0.3) is 5.91 Å². The van der Waals surface area contributed by atoms with Crippen molar-refractivity contribution in [1.29, 1.82) is 0 Å². The van der Waals surface area contributed by atoms with E-state index in [1.165, 1.54) is 0 Å². The fourth-order valence-electron chi connectivity index (χ4n) is 3.34. The highest BCUT2D eigenvalue weighted by Gasteiger charge is 2.29. The van der Waals surface area contributed by atoms with Crippen molar-refractivity contribution >= 4 is 11.7 Å². The number of hydrogen-bond donors (Lipinski definition) is 1. The highest BCUT2D eigenvalue weighted by Crippen LogP contribution is 2.16. The Balaban J connectivity index is 1.47. The number of ether oxygens (including phenoxy) is 2. The van der Waals surface area contributed by atoms with Crippen molar-refractivity contribution in [1.82, 2.24) is 19.7 Å². The van der Waals surface area contributed by atoms with Crippen LogP contribution in [0.3, 0.4) is 0 Å². The Morgan fingerprint density at radius 3 is 3.04 bits per heavy atom. The highest BCUT2D eigenvalue weighted by molar-refractivity contribution is 5.94. The van der Waals surface area contributed by atoms with E-state index in [0.717, 1.165) is 12.0 Å². The van der Waals surface area contributed by atoms with Crippen LogP contribution in [-0.2, 0) is 16.1 Å². The molecule has 0 saturated carbocycles. The predicted molar refractivity (Wildman–Crippen MR) is 99.4 cm³/mol. The number of fused-ring (bicyclic) bond motifs is 1. The lowest BCUT2D eigenvalue weighted by atomic mass is 10.1. The van der Waals surface area contributed by atoms with E-state index in [4.69, 9.17) is 9.47 Å². The van der Waals surface area contributed by atoms with Crippen molar-refractivity contribution in [2.45, 2.75) is 32.1 Å². The van der Waals surface area contributed by atoms with Gasteiger partial charge >= 0.3 is 0 Å². The summed E-state index contributed by atoms with van der Waals surface area (Å²) in [5, 5.41) is 3.06. The van der Waals surface area contributed by atoms with Gasteiger partial charge in [0.05, 0.1) is 31.1 Å². The van der Waals surface area contributed by atoms with Crippen molar-refractivity contribution in [3.63, 3.8) is 0 Å². The molecule has 3 heterocycles. The number of amides is 1. The molecule has 1 amide bonds. The monoisotopic (exact) mass is 366 g/mol. The molecule has 0 aliphatic carbocycles. The Kier molecular flexibility index (Phi) is 5.13. The van der Waals surface area contributed by atoms with Gasteiger partial charge in [-0.25, -0.2) is 9.97 Å². The van der Waals surface area contributed by atoms with Gasteiger partial charge in [-0.1, -0.05) is 30.3 Å². The second-order valence-corrected chi connectivity index (χ2v) is 6.61. The van der Waals surface area contributed by atoms with E-state index in [9.17, 15) is 4.79 Å². The van der Waals surface area contributed by atoms with Crippen LogP contribution in [0.4, 0.5) is 0 Å². The summed E-state index contributed by atoms with van der Waals surface area (Å²) in [4.78, 5) is 21.5. The molecule has 0 unspecified atom stereocenters. The van der Waals surface area contributed by atoms with E-state index in [-0.39, 0.29) is 18.1 Å². The third-order valence-electron chi connectivity index (χ3n) is 4.71. The number of rotatable bonds is 5. The van der Waals surface area contributed by atoms with Crippen LogP contribution in [0.1, 0.15) is 28.2 Å². The second-order valence-electron chi connectivity index (χ2n) is 6.61. The molecule has 1 N–H and O–H groups in total. The standard InChI is InChI=1S/C20H22N4O3/c1-14-18(24-10-5-9-21-20(24)22-14)19(25)23-16-13-26-11-8-17(16)27-12-15-6-3-2-4-7-15/h2-7,9-10,16-17H,8,11-13H2,1H3,(H,23,25)/t16-,17+/m1/s1. The molecule has 2 aromatic heterocycles. The van der Waals surface area contributed by atoms with Crippen LogP contribution in [0.25, 0.3) is 5.78 Å². The maximum Gasteiger partial charge on any atom is 0.270 e. The lowest BCUT2D eigenvalue weighted by Gasteiger charge is -2.32. The molecule has 4 rings (SSSR count). The van der Waals surface area contributed by atoms with Gasteiger partial charge in [-0.05, 0) is 25.0 Å². The largest absolute Gasteiger partial charge is 0.379 e. The molecule has 140 valence electrons. The molecule has 1 fully saturated rings. The van der Waals surface area contributed by atoms with Crippen molar-refractivity contribution in [3.05, 3.63) is 65.7 Å². The Bertz CT molecular complexity index is 925. The first-order valence-corrected chi connectivity index (χ1v) is 9.06. The number of aryl methyl sites for hydroxylation is 1. The lowest BCUT2D eigenvalue weighted by Crippen LogP contribution is -2.50.